The lowest BCUT2D eigenvalue weighted by atomic mass is 9.90. The van der Waals surface area contributed by atoms with Crippen molar-refractivity contribution >= 4 is 11.6 Å². The van der Waals surface area contributed by atoms with E-state index >= 15 is 0 Å². The van der Waals surface area contributed by atoms with Crippen LogP contribution in [0.25, 0.3) is 0 Å². The number of primary amides is 1. The van der Waals surface area contributed by atoms with E-state index in [1.54, 1.807) is 19.1 Å². The van der Waals surface area contributed by atoms with E-state index in [-0.39, 0.29) is 5.75 Å². The Morgan fingerprint density at radius 3 is 2.21 bits per heavy atom. The number of rotatable bonds is 4. The Labute approximate surface area is 111 Å². The number of carbonyl (C=O) groups is 1. The Morgan fingerprint density at radius 1 is 1.11 bits per heavy atom. The summed E-state index contributed by atoms with van der Waals surface area (Å²) in [6.45, 7) is 1.72. The van der Waals surface area contributed by atoms with E-state index in [0.29, 0.717) is 5.56 Å². The van der Waals surface area contributed by atoms with E-state index < -0.39 is 11.4 Å². The highest BCUT2D eigenvalue weighted by atomic mass is 16.3. The predicted octanol–water partition coefficient (Wildman–Crippen LogP) is 2.20. The number of benzene rings is 2. The molecule has 2 rings (SSSR count). The standard InChI is InChI=1S/C15H16N2O2/c1-15(14(16)19,11-7-9-13(18)10-8-11)17-12-5-3-2-4-6-12/h2-10,17-18H,1H3,(H2,16,19). The Balaban J connectivity index is 2.38. The normalized spacial score (nSPS) is 13.5. The van der Waals surface area contributed by atoms with Gasteiger partial charge in [-0.1, -0.05) is 30.3 Å². The first-order chi connectivity index (χ1) is 9.02. The number of phenolic OH excluding ortho intramolecular Hbond substituents is 1. The van der Waals surface area contributed by atoms with Crippen molar-refractivity contribution in [2.45, 2.75) is 12.5 Å². The highest BCUT2D eigenvalue weighted by Gasteiger charge is 2.33. The van der Waals surface area contributed by atoms with Gasteiger partial charge in [0.05, 0.1) is 0 Å². The molecule has 0 saturated carbocycles. The molecule has 0 spiro atoms. The minimum atomic E-state index is -1.03. The largest absolute Gasteiger partial charge is 0.508 e. The molecule has 0 aliphatic rings. The number of hydrogen-bond acceptors (Lipinski definition) is 3. The van der Waals surface area contributed by atoms with Gasteiger partial charge in [-0.3, -0.25) is 4.79 Å². The molecule has 98 valence electrons. The summed E-state index contributed by atoms with van der Waals surface area (Å²) in [6, 6.07) is 15.8. The molecule has 0 aromatic heterocycles. The molecule has 1 unspecified atom stereocenters. The first-order valence-electron chi connectivity index (χ1n) is 5.95. The molecule has 0 aliphatic carbocycles. The van der Waals surface area contributed by atoms with Gasteiger partial charge in [-0.15, -0.1) is 0 Å². The summed E-state index contributed by atoms with van der Waals surface area (Å²) in [4.78, 5) is 11.8. The molecule has 0 aliphatic heterocycles. The van der Waals surface area contributed by atoms with Gasteiger partial charge in [-0.05, 0) is 36.8 Å². The van der Waals surface area contributed by atoms with Crippen molar-refractivity contribution in [1.29, 1.82) is 0 Å². The topological polar surface area (TPSA) is 75.3 Å². The number of phenols is 1. The van der Waals surface area contributed by atoms with Gasteiger partial charge in [-0.2, -0.15) is 0 Å². The summed E-state index contributed by atoms with van der Waals surface area (Å²) < 4.78 is 0. The number of hydrogen-bond donors (Lipinski definition) is 3. The smallest absolute Gasteiger partial charge is 0.247 e. The highest BCUT2D eigenvalue weighted by molar-refractivity contribution is 5.89. The third kappa shape index (κ3) is 2.68. The number of amides is 1. The first kappa shape index (κ1) is 13.0. The molecular formula is C15H16N2O2. The lowest BCUT2D eigenvalue weighted by Gasteiger charge is -2.29. The fraction of sp³-hybridized carbons (Fsp3) is 0.133. The SMILES string of the molecule is CC(Nc1ccccc1)(C(N)=O)c1ccc(O)cc1. The molecule has 0 saturated heterocycles. The fourth-order valence-corrected chi connectivity index (χ4v) is 1.88. The van der Waals surface area contributed by atoms with Crippen LogP contribution in [0.1, 0.15) is 12.5 Å². The summed E-state index contributed by atoms with van der Waals surface area (Å²) in [6.07, 6.45) is 0. The van der Waals surface area contributed by atoms with Crippen molar-refractivity contribution < 1.29 is 9.90 Å². The molecule has 2 aromatic carbocycles. The summed E-state index contributed by atoms with van der Waals surface area (Å²) >= 11 is 0. The van der Waals surface area contributed by atoms with Crippen molar-refractivity contribution in [3.05, 3.63) is 60.2 Å². The lowest BCUT2D eigenvalue weighted by Crippen LogP contribution is -2.45. The zero-order valence-corrected chi connectivity index (χ0v) is 10.6. The molecule has 0 fully saturated rings. The number of para-hydroxylation sites is 1. The summed E-state index contributed by atoms with van der Waals surface area (Å²) in [5.74, 6) is -0.336. The van der Waals surface area contributed by atoms with Crippen LogP contribution in [-0.4, -0.2) is 11.0 Å². The minimum Gasteiger partial charge on any atom is -0.508 e. The van der Waals surface area contributed by atoms with Crippen LogP contribution in [0.3, 0.4) is 0 Å². The molecule has 2 aromatic rings. The Kier molecular flexibility index (Phi) is 3.42. The summed E-state index contributed by atoms with van der Waals surface area (Å²) in [5, 5.41) is 12.4. The van der Waals surface area contributed by atoms with Crippen LogP contribution in [-0.2, 0) is 10.3 Å². The van der Waals surface area contributed by atoms with E-state index in [0.717, 1.165) is 5.69 Å². The maximum Gasteiger partial charge on any atom is 0.247 e. The van der Waals surface area contributed by atoms with Crippen molar-refractivity contribution in [3.63, 3.8) is 0 Å². The molecule has 0 heterocycles. The fourth-order valence-electron chi connectivity index (χ4n) is 1.88. The zero-order chi connectivity index (χ0) is 13.9. The second-order valence-electron chi connectivity index (χ2n) is 4.53. The third-order valence-electron chi connectivity index (χ3n) is 3.11. The van der Waals surface area contributed by atoms with Crippen LogP contribution in [0.5, 0.6) is 5.75 Å². The highest BCUT2D eigenvalue weighted by Crippen LogP contribution is 2.27. The van der Waals surface area contributed by atoms with E-state index in [9.17, 15) is 9.90 Å². The maximum atomic E-state index is 11.8. The molecule has 1 amide bonds. The quantitative estimate of drug-likeness (QED) is 0.785. The van der Waals surface area contributed by atoms with Crippen molar-refractivity contribution in [1.82, 2.24) is 0 Å². The molecule has 19 heavy (non-hydrogen) atoms. The monoisotopic (exact) mass is 256 g/mol. The number of nitrogens with two attached hydrogens (primary N) is 1. The minimum absolute atomic E-state index is 0.148. The van der Waals surface area contributed by atoms with Crippen LogP contribution < -0.4 is 11.1 Å². The summed E-state index contributed by atoms with van der Waals surface area (Å²) in [7, 11) is 0. The zero-order valence-electron chi connectivity index (χ0n) is 10.6. The van der Waals surface area contributed by atoms with Gasteiger partial charge in [0.25, 0.3) is 0 Å². The van der Waals surface area contributed by atoms with Gasteiger partial charge >= 0.3 is 0 Å². The van der Waals surface area contributed by atoms with Crippen LogP contribution in [0, 0.1) is 0 Å². The van der Waals surface area contributed by atoms with Crippen LogP contribution in [0.4, 0.5) is 5.69 Å². The predicted molar refractivity (Wildman–Crippen MR) is 74.7 cm³/mol. The van der Waals surface area contributed by atoms with Gasteiger partial charge in [0.2, 0.25) is 5.91 Å². The molecule has 4 heteroatoms. The number of aromatic hydroxyl groups is 1. The molecule has 4 N–H and O–H groups in total. The van der Waals surface area contributed by atoms with Gasteiger partial charge in [0.1, 0.15) is 11.3 Å². The number of carbonyl (C=O) groups excluding carboxylic acids is 1. The third-order valence-corrected chi connectivity index (χ3v) is 3.11. The van der Waals surface area contributed by atoms with E-state index in [2.05, 4.69) is 5.32 Å². The van der Waals surface area contributed by atoms with Crippen LogP contribution in [0.2, 0.25) is 0 Å². The second kappa shape index (κ2) is 5.02. The maximum absolute atomic E-state index is 11.8. The molecule has 1 atom stereocenters. The summed E-state index contributed by atoms with van der Waals surface area (Å²) in [5.41, 5.74) is 5.99. The Bertz CT molecular complexity index is 566. The Hall–Kier alpha value is -2.49. The van der Waals surface area contributed by atoms with Gasteiger partial charge in [0.15, 0.2) is 0 Å². The molecular weight excluding hydrogens is 240 g/mol. The first-order valence-corrected chi connectivity index (χ1v) is 5.95. The van der Waals surface area contributed by atoms with Crippen molar-refractivity contribution in [3.8, 4) is 5.75 Å². The van der Waals surface area contributed by atoms with E-state index in [4.69, 9.17) is 5.73 Å². The van der Waals surface area contributed by atoms with Gasteiger partial charge in [-0.25, -0.2) is 0 Å². The average molecular weight is 256 g/mol. The van der Waals surface area contributed by atoms with Crippen LogP contribution >= 0.6 is 0 Å². The van der Waals surface area contributed by atoms with E-state index in [1.807, 2.05) is 30.3 Å². The van der Waals surface area contributed by atoms with Gasteiger partial charge < -0.3 is 16.2 Å². The van der Waals surface area contributed by atoms with Gasteiger partial charge in [0, 0.05) is 5.69 Å². The Morgan fingerprint density at radius 2 is 1.68 bits per heavy atom. The number of nitrogens with one attached hydrogen (secondary N) is 1. The molecule has 0 bridgehead atoms. The van der Waals surface area contributed by atoms with Crippen LogP contribution in [0.15, 0.2) is 54.6 Å². The molecule has 4 nitrogen and oxygen atoms in total. The van der Waals surface area contributed by atoms with E-state index in [1.165, 1.54) is 12.1 Å². The van der Waals surface area contributed by atoms with Crippen molar-refractivity contribution in [2.75, 3.05) is 5.32 Å². The van der Waals surface area contributed by atoms with Crippen molar-refractivity contribution in [2.24, 2.45) is 5.73 Å². The number of anilines is 1. The second-order valence-corrected chi connectivity index (χ2v) is 4.53. The average Bonchev–Trinajstić information content (AvgIpc) is 2.40. The molecule has 0 radical (unpaired) electrons. The lowest BCUT2D eigenvalue weighted by molar-refractivity contribution is -0.122.